The highest BCUT2D eigenvalue weighted by atomic mass is 32.2. The number of rotatable bonds is 7. The molecular formula is C24H29N3O4S. The van der Waals surface area contributed by atoms with E-state index in [9.17, 15) is 9.59 Å². The SMILES string of the molecule is CSc1ccccc1C(=O)NCCC1c2cc(C(=O)OC(C)(C)C)ccc2OC1C(=N)N. The first-order valence-corrected chi connectivity index (χ1v) is 11.6. The van der Waals surface area contributed by atoms with Crippen molar-refractivity contribution in [3.63, 3.8) is 0 Å². The Morgan fingerprint density at radius 3 is 2.59 bits per heavy atom. The lowest BCUT2D eigenvalue weighted by Gasteiger charge is -2.20. The molecule has 0 radical (unpaired) electrons. The van der Waals surface area contributed by atoms with Gasteiger partial charge >= 0.3 is 5.97 Å². The molecule has 1 aliphatic heterocycles. The summed E-state index contributed by atoms with van der Waals surface area (Å²) >= 11 is 1.52. The number of amides is 1. The molecule has 2 aromatic rings. The Morgan fingerprint density at radius 2 is 1.94 bits per heavy atom. The van der Waals surface area contributed by atoms with E-state index in [0.717, 1.165) is 10.5 Å². The maximum absolute atomic E-state index is 12.7. The quantitative estimate of drug-likeness (QED) is 0.252. The molecule has 2 unspecified atom stereocenters. The molecule has 32 heavy (non-hydrogen) atoms. The van der Waals surface area contributed by atoms with Gasteiger partial charge in [0.25, 0.3) is 5.91 Å². The molecule has 0 saturated carbocycles. The molecule has 1 aliphatic rings. The van der Waals surface area contributed by atoms with E-state index in [1.807, 2.05) is 45.2 Å². The van der Waals surface area contributed by atoms with Crippen LogP contribution in [0.3, 0.4) is 0 Å². The highest BCUT2D eigenvalue weighted by molar-refractivity contribution is 7.98. The number of fused-ring (bicyclic) bond motifs is 1. The van der Waals surface area contributed by atoms with E-state index in [1.54, 1.807) is 24.3 Å². The third-order valence-corrected chi connectivity index (χ3v) is 5.86. The van der Waals surface area contributed by atoms with Crippen LogP contribution in [0.5, 0.6) is 5.75 Å². The summed E-state index contributed by atoms with van der Waals surface area (Å²) in [6.45, 7) is 5.81. The molecule has 8 heteroatoms. The molecule has 0 spiro atoms. The van der Waals surface area contributed by atoms with Crippen LogP contribution in [-0.4, -0.2) is 42.2 Å². The number of hydrogen-bond acceptors (Lipinski definition) is 6. The van der Waals surface area contributed by atoms with E-state index < -0.39 is 17.7 Å². The summed E-state index contributed by atoms with van der Waals surface area (Å²) in [7, 11) is 0. The highest BCUT2D eigenvalue weighted by Gasteiger charge is 2.37. The van der Waals surface area contributed by atoms with Crippen LogP contribution in [0.25, 0.3) is 0 Å². The molecule has 0 bridgehead atoms. The Morgan fingerprint density at radius 1 is 1.22 bits per heavy atom. The van der Waals surface area contributed by atoms with E-state index in [1.165, 1.54) is 11.8 Å². The second kappa shape index (κ2) is 9.65. The second-order valence-corrected chi connectivity index (χ2v) is 9.45. The fourth-order valence-corrected chi connectivity index (χ4v) is 4.24. The van der Waals surface area contributed by atoms with Gasteiger partial charge in [-0.2, -0.15) is 0 Å². The van der Waals surface area contributed by atoms with Crippen LogP contribution in [0.1, 0.15) is 59.4 Å². The summed E-state index contributed by atoms with van der Waals surface area (Å²) in [6.07, 6.45) is 1.79. The molecule has 0 aromatic heterocycles. The smallest absolute Gasteiger partial charge is 0.338 e. The van der Waals surface area contributed by atoms with Crippen LogP contribution >= 0.6 is 11.8 Å². The van der Waals surface area contributed by atoms with Gasteiger partial charge in [0.15, 0.2) is 6.10 Å². The topological polar surface area (TPSA) is 115 Å². The van der Waals surface area contributed by atoms with Gasteiger partial charge in [-0.3, -0.25) is 10.2 Å². The minimum absolute atomic E-state index is 0.0935. The lowest BCUT2D eigenvalue weighted by atomic mass is 9.90. The minimum Gasteiger partial charge on any atom is -0.482 e. The van der Waals surface area contributed by atoms with E-state index in [-0.39, 0.29) is 17.7 Å². The number of amidine groups is 1. The Labute approximate surface area is 192 Å². The summed E-state index contributed by atoms with van der Waals surface area (Å²) < 4.78 is 11.3. The van der Waals surface area contributed by atoms with Gasteiger partial charge in [0, 0.05) is 22.9 Å². The summed E-state index contributed by atoms with van der Waals surface area (Å²) in [6, 6.07) is 12.5. The third kappa shape index (κ3) is 5.43. The highest BCUT2D eigenvalue weighted by Crippen LogP contribution is 2.41. The van der Waals surface area contributed by atoms with Gasteiger partial charge in [0.1, 0.15) is 17.2 Å². The number of carbonyl (C=O) groups excluding carboxylic acids is 2. The lowest BCUT2D eigenvalue weighted by molar-refractivity contribution is 0.00693. The zero-order valence-electron chi connectivity index (χ0n) is 18.7. The van der Waals surface area contributed by atoms with Gasteiger partial charge in [0.05, 0.1) is 11.1 Å². The number of nitrogens with two attached hydrogens (primary N) is 1. The van der Waals surface area contributed by atoms with Crippen molar-refractivity contribution in [2.24, 2.45) is 5.73 Å². The largest absolute Gasteiger partial charge is 0.482 e. The van der Waals surface area contributed by atoms with Crippen molar-refractivity contribution in [1.82, 2.24) is 5.32 Å². The minimum atomic E-state index is -0.644. The maximum Gasteiger partial charge on any atom is 0.338 e. The Kier molecular flexibility index (Phi) is 7.13. The fourth-order valence-electron chi connectivity index (χ4n) is 3.65. The first-order chi connectivity index (χ1) is 15.1. The molecule has 0 saturated heterocycles. The van der Waals surface area contributed by atoms with Crippen molar-refractivity contribution in [1.29, 1.82) is 5.41 Å². The first kappa shape index (κ1) is 23.7. The molecule has 170 valence electrons. The molecule has 2 atom stereocenters. The molecule has 4 N–H and O–H groups in total. The van der Waals surface area contributed by atoms with Crippen LogP contribution in [0.2, 0.25) is 0 Å². The van der Waals surface area contributed by atoms with E-state index >= 15 is 0 Å². The molecule has 1 amide bonds. The van der Waals surface area contributed by atoms with Gasteiger partial charge in [-0.1, -0.05) is 12.1 Å². The van der Waals surface area contributed by atoms with E-state index in [4.69, 9.17) is 20.6 Å². The fraction of sp³-hybridized carbons (Fsp3) is 0.375. The molecule has 3 rings (SSSR count). The van der Waals surface area contributed by atoms with Crippen LogP contribution in [0, 0.1) is 5.41 Å². The van der Waals surface area contributed by atoms with E-state index in [0.29, 0.717) is 29.8 Å². The van der Waals surface area contributed by atoms with Gasteiger partial charge in [0.2, 0.25) is 0 Å². The average Bonchev–Trinajstić information content (AvgIpc) is 3.10. The third-order valence-electron chi connectivity index (χ3n) is 5.06. The summed E-state index contributed by atoms with van der Waals surface area (Å²) in [5.74, 6) is -0.352. The monoisotopic (exact) mass is 455 g/mol. The number of thioether (sulfide) groups is 1. The van der Waals surface area contributed by atoms with Crippen molar-refractivity contribution in [2.45, 2.75) is 49.7 Å². The molecule has 0 fully saturated rings. The lowest BCUT2D eigenvalue weighted by Crippen LogP contribution is -2.36. The average molecular weight is 456 g/mol. The van der Waals surface area contributed by atoms with Crippen molar-refractivity contribution in [2.75, 3.05) is 12.8 Å². The van der Waals surface area contributed by atoms with Crippen molar-refractivity contribution >= 4 is 29.5 Å². The number of ether oxygens (including phenoxy) is 2. The second-order valence-electron chi connectivity index (χ2n) is 8.60. The number of nitrogens with one attached hydrogen (secondary N) is 2. The summed E-state index contributed by atoms with van der Waals surface area (Å²) in [5.41, 5.74) is 7.00. The molecule has 2 aromatic carbocycles. The number of esters is 1. The van der Waals surface area contributed by atoms with Crippen LogP contribution in [0.15, 0.2) is 47.4 Å². The van der Waals surface area contributed by atoms with Crippen molar-refractivity contribution < 1.29 is 19.1 Å². The van der Waals surface area contributed by atoms with Crippen molar-refractivity contribution in [3.05, 3.63) is 59.2 Å². The summed E-state index contributed by atoms with van der Waals surface area (Å²) in [4.78, 5) is 26.1. The number of carbonyl (C=O) groups is 2. The maximum atomic E-state index is 12.7. The van der Waals surface area contributed by atoms with Crippen molar-refractivity contribution in [3.8, 4) is 5.75 Å². The van der Waals surface area contributed by atoms with Crippen LogP contribution in [-0.2, 0) is 4.74 Å². The predicted octanol–water partition coefficient (Wildman–Crippen LogP) is 3.96. The first-order valence-electron chi connectivity index (χ1n) is 10.4. The number of hydrogen-bond donors (Lipinski definition) is 3. The molecule has 1 heterocycles. The molecule has 7 nitrogen and oxygen atoms in total. The standard InChI is InChI=1S/C24H29N3O4S/c1-24(2,3)31-23(29)14-9-10-18-17(13-14)15(20(30-18)21(25)26)11-12-27-22(28)16-7-5-6-8-19(16)32-4/h5-10,13,15,20H,11-12H2,1-4H3,(H3,25,26)(H,27,28). The Balaban J connectivity index is 1.75. The van der Waals surface area contributed by atoms with Crippen LogP contribution in [0.4, 0.5) is 0 Å². The van der Waals surface area contributed by atoms with Gasteiger partial charge in [-0.25, -0.2) is 4.79 Å². The van der Waals surface area contributed by atoms with Crippen LogP contribution < -0.4 is 15.8 Å². The number of benzene rings is 2. The Bertz CT molecular complexity index is 1030. The Hall–Kier alpha value is -3.00. The molecule has 0 aliphatic carbocycles. The summed E-state index contributed by atoms with van der Waals surface area (Å²) in [5, 5.41) is 10.9. The zero-order valence-corrected chi connectivity index (χ0v) is 19.5. The molecular weight excluding hydrogens is 426 g/mol. The normalized spacial score (nSPS) is 17.2. The predicted molar refractivity (Wildman–Crippen MR) is 126 cm³/mol. The van der Waals surface area contributed by atoms with Gasteiger partial charge in [-0.05, 0) is 63.8 Å². The van der Waals surface area contributed by atoms with Gasteiger partial charge < -0.3 is 20.5 Å². The van der Waals surface area contributed by atoms with Gasteiger partial charge in [-0.15, -0.1) is 11.8 Å². The zero-order chi connectivity index (χ0) is 23.5. The van der Waals surface area contributed by atoms with E-state index in [2.05, 4.69) is 5.32 Å².